The average molecular weight is 584 g/mol. The van der Waals surface area contributed by atoms with Gasteiger partial charge < -0.3 is 13.9 Å². The number of hydrogen-bond acceptors (Lipinski definition) is 5. The Morgan fingerprint density at radius 3 is 2.02 bits per heavy atom. The number of thioether (sulfide) groups is 1. The fourth-order valence-electron chi connectivity index (χ4n) is 6.23. The van der Waals surface area contributed by atoms with Crippen molar-refractivity contribution < 1.29 is 13.9 Å². The first kappa shape index (κ1) is 29.3. The van der Waals surface area contributed by atoms with E-state index in [1.54, 1.807) is 0 Å². The zero-order chi connectivity index (χ0) is 29.0. The van der Waals surface area contributed by atoms with Crippen molar-refractivity contribution in [1.29, 1.82) is 0 Å². The smallest absolute Gasteiger partial charge is 0.258 e. The number of pyridine rings is 1. The van der Waals surface area contributed by atoms with Gasteiger partial charge in [0.25, 0.3) is 8.32 Å². The minimum absolute atomic E-state index is 0.0668. The van der Waals surface area contributed by atoms with Gasteiger partial charge in [0.1, 0.15) is 30.0 Å². The van der Waals surface area contributed by atoms with Gasteiger partial charge in [-0.15, -0.1) is 11.8 Å². The first-order valence-corrected chi connectivity index (χ1v) is 17.6. The normalized spacial score (nSPS) is 16.9. The first-order valence-electron chi connectivity index (χ1n) is 14.6. The van der Waals surface area contributed by atoms with E-state index < -0.39 is 8.32 Å². The molecule has 5 rings (SSSR count). The lowest BCUT2D eigenvalue weighted by Gasteiger charge is -2.42. The second kappa shape index (κ2) is 12.7. The van der Waals surface area contributed by atoms with Crippen LogP contribution in [0.3, 0.4) is 0 Å². The molecule has 1 aliphatic heterocycles. The summed E-state index contributed by atoms with van der Waals surface area (Å²) in [6, 6.07) is 29.2. The molecule has 0 fully saturated rings. The summed E-state index contributed by atoms with van der Waals surface area (Å²) >= 11 is 1.82. The van der Waals surface area contributed by atoms with Crippen LogP contribution >= 0.6 is 11.8 Å². The third kappa shape index (κ3) is 6.34. The highest BCUT2D eigenvalue weighted by molar-refractivity contribution is 7.99. The maximum atomic E-state index is 6.94. The minimum Gasteiger partial charge on any atom is -0.543 e. The molecule has 0 radical (unpaired) electrons. The van der Waals surface area contributed by atoms with Crippen LogP contribution in [-0.4, -0.2) is 13.3 Å². The van der Waals surface area contributed by atoms with Gasteiger partial charge in [0, 0.05) is 12.4 Å². The Balaban J connectivity index is 1.41. The van der Waals surface area contributed by atoms with Gasteiger partial charge in [-0.3, -0.25) is 4.98 Å². The number of ether oxygens (including phenoxy) is 2. The second-order valence-corrected chi connectivity index (χ2v) is 18.3. The molecule has 0 saturated heterocycles. The highest BCUT2D eigenvalue weighted by atomic mass is 32.2. The predicted molar refractivity (Wildman–Crippen MR) is 172 cm³/mol. The summed E-state index contributed by atoms with van der Waals surface area (Å²) in [7, 11) is -2.03. The van der Waals surface area contributed by atoms with Crippen LogP contribution in [0.5, 0.6) is 17.2 Å². The molecule has 41 heavy (non-hydrogen) atoms. The quantitative estimate of drug-likeness (QED) is 0.174. The molecule has 0 N–H and O–H groups in total. The molecule has 1 aliphatic rings. The second-order valence-electron chi connectivity index (χ2n) is 11.7. The summed E-state index contributed by atoms with van der Waals surface area (Å²) in [6.45, 7) is 14.5. The maximum Gasteiger partial charge on any atom is 0.258 e. The molecule has 0 aliphatic carbocycles. The monoisotopic (exact) mass is 583 g/mol. The molecular weight excluding hydrogens is 543 g/mol. The summed E-state index contributed by atoms with van der Waals surface area (Å²) in [5.74, 6) is 2.68. The first-order chi connectivity index (χ1) is 19.8. The van der Waals surface area contributed by atoms with Crippen molar-refractivity contribution in [3.05, 3.63) is 114 Å². The number of aromatic nitrogens is 1. The molecular formula is C35H41NO3SSi. The van der Waals surface area contributed by atoms with Crippen LogP contribution < -0.4 is 13.9 Å². The molecule has 3 aromatic carbocycles. The Morgan fingerprint density at radius 1 is 0.756 bits per heavy atom. The summed E-state index contributed by atoms with van der Waals surface area (Å²) in [4.78, 5) is 5.33. The van der Waals surface area contributed by atoms with E-state index >= 15 is 0 Å². The molecule has 214 valence electrons. The van der Waals surface area contributed by atoms with Crippen molar-refractivity contribution in [3.8, 4) is 17.2 Å². The molecule has 0 saturated carbocycles. The van der Waals surface area contributed by atoms with Crippen LogP contribution in [0.4, 0.5) is 0 Å². The number of hydrogen-bond donors (Lipinski definition) is 0. The zero-order valence-corrected chi connectivity index (χ0v) is 26.7. The third-order valence-electron chi connectivity index (χ3n) is 8.19. The largest absolute Gasteiger partial charge is 0.543 e. The minimum atomic E-state index is -2.03. The lowest BCUT2D eigenvalue weighted by Crippen LogP contribution is -2.50. The van der Waals surface area contributed by atoms with Crippen molar-refractivity contribution in [3.63, 3.8) is 0 Å². The van der Waals surface area contributed by atoms with E-state index in [9.17, 15) is 0 Å². The standard InChI is InChI=1S/C35H41NO3SSi/c1-24(2)41(25(3)4,26(5)6)39-30-14-12-28(13-15-30)34-35(29-18-20-36-21-19-29)40-33-22-31(16-17-32(33)38-34)37-23-27-10-8-7-9-11-27/h7-22,24-26,34-35H,23H2,1-6H3/t34-,35+/m1/s1. The van der Waals surface area contributed by atoms with Gasteiger partial charge in [0.2, 0.25) is 0 Å². The van der Waals surface area contributed by atoms with Gasteiger partial charge in [0.05, 0.1) is 10.1 Å². The molecule has 0 amide bonds. The SMILES string of the molecule is CC(C)[Si](Oc1ccc([C@H]2Oc3ccc(OCc4ccccc4)cc3S[C@H]2c2ccncc2)cc1)(C(C)C)C(C)C. The molecule has 2 atom stereocenters. The molecule has 1 aromatic heterocycles. The van der Waals surface area contributed by atoms with Gasteiger partial charge in [-0.05, 0) is 75.8 Å². The van der Waals surface area contributed by atoms with Crippen LogP contribution in [-0.2, 0) is 6.61 Å². The fraction of sp³-hybridized carbons (Fsp3) is 0.343. The Labute approximate surface area is 250 Å². The van der Waals surface area contributed by atoms with E-state index in [0.29, 0.717) is 23.2 Å². The molecule has 4 nitrogen and oxygen atoms in total. The zero-order valence-electron chi connectivity index (χ0n) is 24.9. The number of fused-ring (bicyclic) bond motifs is 1. The Morgan fingerprint density at radius 2 is 1.39 bits per heavy atom. The van der Waals surface area contributed by atoms with Crippen molar-refractivity contribution in [2.45, 2.75) is 81.0 Å². The van der Waals surface area contributed by atoms with Crippen LogP contribution in [0.1, 0.15) is 69.6 Å². The number of benzene rings is 3. The van der Waals surface area contributed by atoms with E-state index in [1.165, 1.54) is 5.56 Å². The van der Waals surface area contributed by atoms with Gasteiger partial charge >= 0.3 is 0 Å². The van der Waals surface area contributed by atoms with Crippen LogP contribution in [0, 0.1) is 0 Å². The summed E-state index contributed by atoms with van der Waals surface area (Å²) < 4.78 is 19.8. The third-order valence-corrected chi connectivity index (χ3v) is 15.5. The Kier molecular flexibility index (Phi) is 9.10. The highest BCUT2D eigenvalue weighted by Gasteiger charge is 2.47. The Bertz CT molecular complexity index is 1390. The Hall–Kier alpha value is -3.22. The molecule has 6 heteroatoms. The lowest BCUT2D eigenvalue weighted by molar-refractivity contribution is 0.190. The van der Waals surface area contributed by atoms with Gasteiger partial charge in [0.15, 0.2) is 0 Å². The van der Waals surface area contributed by atoms with Gasteiger partial charge in [-0.2, -0.15) is 0 Å². The fourth-order valence-corrected chi connectivity index (χ4v) is 12.8. The van der Waals surface area contributed by atoms with Crippen LogP contribution in [0.2, 0.25) is 16.6 Å². The predicted octanol–water partition coefficient (Wildman–Crippen LogP) is 10.2. The lowest BCUT2D eigenvalue weighted by atomic mass is 10.0. The molecule has 0 bridgehead atoms. The number of nitrogens with zero attached hydrogens (tertiary/aromatic N) is 1. The highest BCUT2D eigenvalue weighted by Crippen LogP contribution is 2.54. The van der Waals surface area contributed by atoms with E-state index in [2.05, 4.69) is 101 Å². The summed E-state index contributed by atoms with van der Waals surface area (Å²) in [5, 5.41) is 0.0668. The molecule has 0 unspecified atom stereocenters. The van der Waals surface area contributed by atoms with Crippen molar-refractivity contribution in [2.24, 2.45) is 0 Å². The topological polar surface area (TPSA) is 40.6 Å². The van der Waals surface area contributed by atoms with E-state index in [-0.39, 0.29) is 11.4 Å². The molecule has 0 spiro atoms. The maximum absolute atomic E-state index is 6.94. The van der Waals surface area contributed by atoms with Crippen molar-refractivity contribution >= 4 is 20.1 Å². The van der Waals surface area contributed by atoms with Gasteiger partial charge in [-0.1, -0.05) is 84.0 Å². The average Bonchev–Trinajstić information content (AvgIpc) is 2.99. The van der Waals surface area contributed by atoms with Crippen LogP contribution in [0.25, 0.3) is 0 Å². The summed E-state index contributed by atoms with van der Waals surface area (Å²) in [6.07, 6.45) is 3.56. The summed E-state index contributed by atoms with van der Waals surface area (Å²) in [5.41, 5.74) is 5.03. The van der Waals surface area contributed by atoms with E-state index in [4.69, 9.17) is 13.9 Å². The molecule has 4 aromatic rings. The van der Waals surface area contributed by atoms with Gasteiger partial charge in [-0.25, -0.2) is 0 Å². The van der Waals surface area contributed by atoms with E-state index in [0.717, 1.165) is 33.3 Å². The number of rotatable bonds is 10. The van der Waals surface area contributed by atoms with E-state index in [1.807, 2.05) is 54.5 Å². The van der Waals surface area contributed by atoms with Crippen LogP contribution in [0.15, 0.2) is 102 Å². The van der Waals surface area contributed by atoms with Crippen molar-refractivity contribution in [2.75, 3.05) is 0 Å². The van der Waals surface area contributed by atoms with Crippen molar-refractivity contribution in [1.82, 2.24) is 4.98 Å². The molecule has 2 heterocycles.